The number of carbonyl (C=O) groups excluding carboxylic acids is 1. The number of amides is 1. The summed E-state index contributed by atoms with van der Waals surface area (Å²) < 4.78 is 6.92. The summed E-state index contributed by atoms with van der Waals surface area (Å²) in [6, 6.07) is 0. The standard InChI is InChI=1S/C13H19N7O5/c14-1-7(22)15-3-16-11-8-12(18-4-17-11)20(5-19-8)13-10(24)9(23)6(2-21)25-13/h4-6,9-10,13,21,23-24H,1-3,14H2,(H,15,22)(H,16,17,18)/t6-,9-,10-,13-/m1/s1. The van der Waals surface area contributed by atoms with Crippen LogP contribution >= 0.6 is 0 Å². The van der Waals surface area contributed by atoms with Gasteiger partial charge in [-0.2, -0.15) is 0 Å². The van der Waals surface area contributed by atoms with E-state index in [-0.39, 0.29) is 19.1 Å². The maximum Gasteiger partial charge on any atom is 0.235 e. The third-order valence-corrected chi connectivity index (χ3v) is 3.88. The molecule has 12 nitrogen and oxygen atoms in total. The molecular weight excluding hydrogens is 334 g/mol. The van der Waals surface area contributed by atoms with E-state index in [2.05, 4.69) is 25.6 Å². The van der Waals surface area contributed by atoms with Crippen LogP contribution in [0.25, 0.3) is 11.2 Å². The van der Waals surface area contributed by atoms with E-state index in [1.54, 1.807) is 0 Å². The van der Waals surface area contributed by atoms with Gasteiger partial charge < -0.3 is 36.4 Å². The minimum atomic E-state index is -1.25. The molecule has 3 heterocycles. The summed E-state index contributed by atoms with van der Waals surface area (Å²) in [7, 11) is 0. The Kier molecular flexibility index (Phi) is 5.06. The molecule has 0 saturated carbocycles. The van der Waals surface area contributed by atoms with E-state index < -0.39 is 31.1 Å². The van der Waals surface area contributed by atoms with Gasteiger partial charge in [0.05, 0.1) is 26.1 Å². The number of carbonyl (C=O) groups is 1. The Labute approximate surface area is 141 Å². The lowest BCUT2D eigenvalue weighted by Gasteiger charge is -2.16. The van der Waals surface area contributed by atoms with Crippen LogP contribution in [0.4, 0.5) is 5.82 Å². The number of nitrogens with two attached hydrogens (primary N) is 1. The molecule has 4 atom stereocenters. The number of aromatic nitrogens is 4. The number of ether oxygens (including phenoxy) is 1. The molecule has 0 unspecified atom stereocenters. The van der Waals surface area contributed by atoms with Crippen molar-refractivity contribution in [1.29, 1.82) is 0 Å². The van der Waals surface area contributed by atoms with E-state index in [1.165, 1.54) is 17.2 Å². The first-order valence-corrected chi connectivity index (χ1v) is 7.57. The average molecular weight is 353 g/mol. The first-order valence-electron chi connectivity index (χ1n) is 7.57. The summed E-state index contributed by atoms with van der Waals surface area (Å²) >= 11 is 0. The summed E-state index contributed by atoms with van der Waals surface area (Å²) in [6.45, 7) is -0.451. The average Bonchev–Trinajstić information content (AvgIpc) is 3.17. The van der Waals surface area contributed by atoms with Crippen LogP contribution in [0.5, 0.6) is 0 Å². The van der Waals surface area contributed by atoms with E-state index in [0.717, 1.165) is 0 Å². The Hall–Kier alpha value is -2.38. The van der Waals surface area contributed by atoms with Crippen molar-refractivity contribution in [1.82, 2.24) is 24.8 Å². The molecule has 0 aliphatic carbocycles. The van der Waals surface area contributed by atoms with Crippen molar-refractivity contribution in [2.75, 3.05) is 25.1 Å². The van der Waals surface area contributed by atoms with Crippen LogP contribution in [0, 0.1) is 0 Å². The summed E-state index contributed by atoms with van der Waals surface area (Å²) in [5, 5.41) is 34.6. The lowest BCUT2D eigenvalue weighted by Crippen LogP contribution is -2.34. The van der Waals surface area contributed by atoms with Crippen molar-refractivity contribution in [3.05, 3.63) is 12.7 Å². The fourth-order valence-corrected chi connectivity index (χ4v) is 2.58. The van der Waals surface area contributed by atoms with Crippen LogP contribution in [0.1, 0.15) is 6.23 Å². The number of hydrogen-bond acceptors (Lipinski definition) is 10. The van der Waals surface area contributed by atoms with Crippen LogP contribution in [-0.2, 0) is 9.53 Å². The second kappa shape index (κ2) is 7.25. The molecule has 0 radical (unpaired) electrons. The van der Waals surface area contributed by atoms with E-state index in [4.69, 9.17) is 10.5 Å². The van der Waals surface area contributed by atoms with Gasteiger partial charge in [0.15, 0.2) is 23.2 Å². The van der Waals surface area contributed by atoms with Gasteiger partial charge in [-0.3, -0.25) is 9.36 Å². The molecule has 1 amide bonds. The zero-order valence-electron chi connectivity index (χ0n) is 13.1. The number of fused-ring (bicyclic) bond motifs is 1. The Morgan fingerprint density at radius 1 is 1.32 bits per heavy atom. The summed E-state index contributed by atoms with van der Waals surface area (Å²) in [5.74, 6) is 0.0441. The third kappa shape index (κ3) is 3.25. The van der Waals surface area contributed by atoms with Gasteiger partial charge in [0.1, 0.15) is 24.6 Å². The smallest absolute Gasteiger partial charge is 0.235 e. The van der Waals surface area contributed by atoms with Gasteiger partial charge in [0, 0.05) is 0 Å². The summed E-state index contributed by atoms with van der Waals surface area (Å²) in [5.41, 5.74) is 5.95. The van der Waals surface area contributed by atoms with Crippen molar-refractivity contribution < 1.29 is 24.9 Å². The Morgan fingerprint density at radius 3 is 2.80 bits per heavy atom. The van der Waals surface area contributed by atoms with Gasteiger partial charge >= 0.3 is 0 Å². The molecule has 2 aromatic rings. The molecule has 136 valence electrons. The number of imidazole rings is 1. The second-order valence-corrected chi connectivity index (χ2v) is 5.43. The number of nitrogens with one attached hydrogen (secondary N) is 2. The highest BCUT2D eigenvalue weighted by molar-refractivity contribution is 5.83. The number of aliphatic hydroxyl groups is 3. The lowest BCUT2D eigenvalue weighted by atomic mass is 10.1. The third-order valence-electron chi connectivity index (χ3n) is 3.88. The van der Waals surface area contributed by atoms with Crippen molar-refractivity contribution in [2.45, 2.75) is 24.5 Å². The van der Waals surface area contributed by atoms with E-state index in [0.29, 0.717) is 17.0 Å². The molecule has 2 aromatic heterocycles. The molecule has 1 fully saturated rings. The second-order valence-electron chi connectivity index (χ2n) is 5.43. The molecule has 0 bridgehead atoms. The maximum absolute atomic E-state index is 11.2. The van der Waals surface area contributed by atoms with Crippen molar-refractivity contribution >= 4 is 22.9 Å². The largest absolute Gasteiger partial charge is 0.394 e. The molecule has 1 aliphatic rings. The first-order chi connectivity index (χ1) is 12.1. The monoisotopic (exact) mass is 353 g/mol. The van der Waals surface area contributed by atoms with Gasteiger partial charge in [0.2, 0.25) is 5.91 Å². The van der Waals surface area contributed by atoms with Gasteiger partial charge in [0.25, 0.3) is 0 Å². The summed E-state index contributed by atoms with van der Waals surface area (Å²) in [6.07, 6.45) is -1.64. The van der Waals surface area contributed by atoms with Gasteiger partial charge in [-0.25, -0.2) is 15.0 Å². The van der Waals surface area contributed by atoms with Crippen LogP contribution in [0.15, 0.2) is 12.7 Å². The fraction of sp³-hybridized carbons (Fsp3) is 0.538. The molecule has 0 aromatic carbocycles. The Bertz CT molecular complexity index is 753. The molecule has 0 spiro atoms. The zero-order chi connectivity index (χ0) is 18.0. The highest BCUT2D eigenvalue weighted by Crippen LogP contribution is 2.31. The molecule has 12 heteroatoms. The first kappa shape index (κ1) is 17.4. The topological polar surface area (TPSA) is 181 Å². The Balaban J connectivity index is 1.83. The van der Waals surface area contributed by atoms with Crippen LogP contribution in [-0.4, -0.2) is 78.9 Å². The number of hydrogen-bond donors (Lipinski definition) is 6. The highest BCUT2D eigenvalue weighted by Gasteiger charge is 2.44. The number of anilines is 1. The van der Waals surface area contributed by atoms with Crippen molar-refractivity contribution in [2.24, 2.45) is 5.73 Å². The van der Waals surface area contributed by atoms with E-state index >= 15 is 0 Å². The molecule has 25 heavy (non-hydrogen) atoms. The normalized spacial score (nSPS) is 26.1. The molecule has 7 N–H and O–H groups in total. The molecule has 3 rings (SSSR count). The highest BCUT2D eigenvalue weighted by atomic mass is 16.6. The Morgan fingerprint density at radius 2 is 2.12 bits per heavy atom. The van der Waals surface area contributed by atoms with E-state index in [9.17, 15) is 20.1 Å². The zero-order valence-corrected chi connectivity index (χ0v) is 13.1. The van der Waals surface area contributed by atoms with Crippen LogP contribution in [0.3, 0.4) is 0 Å². The fourth-order valence-electron chi connectivity index (χ4n) is 2.58. The molecule has 1 saturated heterocycles. The number of rotatable bonds is 6. The predicted octanol–water partition coefficient (Wildman–Crippen LogP) is -3.12. The van der Waals surface area contributed by atoms with Crippen molar-refractivity contribution in [3.63, 3.8) is 0 Å². The van der Waals surface area contributed by atoms with Gasteiger partial charge in [-0.15, -0.1) is 0 Å². The lowest BCUT2D eigenvalue weighted by molar-refractivity contribution is -0.119. The maximum atomic E-state index is 11.2. The van der Waals surface area contributed by atoms with Gasteiger partial charge in [-0.05, 0) is 0 Å². The number of nitrogens with zero attached hydrogens (tertiary/aromatic N) is 4. The van der Waals surface area contributed by atoms with Gasteiger partial charge in [-0.1, -0.05) is 0 Å². The minimum absolute atomic E-state index is 0.100. The van der Waals surface area contributed by atoms with E-state index in [1.807, 2.05) is 0 Å². The summed E-state index contributed by atoms with van der Waals surface area (Å²) in [4.78, 5) is 23.5. The van der Waals surface area contributed by atoms with Crippen LogP contribution < -0.4 is 16.4 Å². The SMILES string of the molecule is NCC(=O)NCNc1ncnc2c1ncn2[C@@H]1O[C@H](CO)[C@@H](O)[C@H]1O. The minimum Gasteiger partial charge on any atom is -0.394 e. The van der Waals surface area contributed by atoms with Crippen molar-refractivity contribution in [3.8, 4) is 0 Å². The predicted molar refractivity (Wildman–Crippen MR) is 84.0 cm³/mol. The molecular formula is C13H19N7O5. The van der Waals surface area contributed by atoms with Crippen LogP contribution in [0.2, 0.25) is 0 Å². The number of aliphatic hydroxyl groups excluding tert-OH is 3. The quantitative estimate of drug-likeness (QED) is 0.291. The molecule has 1 aliphatic heterocycles.